The molecule has 0 radical (unpaired) electrons. The van der Waals surface area contributed by atoms with Gasteiger partial charge in [-0.1, -0.05) is 28.1 Å². The highest BCUT2D eigenvalue weighted by atomic mass is 79.9. The molecule has 0 aromatic heterocycles. The second kappa shape index (κ2) is 11.1. The van der Waals surface area contributed by atoms with Crippen molar-refractivity contribution in [1.82, 2.24) is 10.7 Å². The van der Waals surface area contributed by atoms with Crippen LogP contribution in [0.15, 0.2) is 52.0 Å². The fraction of sp³-hybridized carbons (Fsp3) is 0.200. The predicted octanol–water partition coefficient (Wildman–Crippen LogP) is 2.58. The number of nitrogens with zero attached hydrogens (tertiary/aromatic N) is 1. The molecule has 2 aromatic rings. The summed E-state index contributed by atoms with van der Waals surface area (Å²) in [7, 11) is 0. The van der Waals surface area contributed by atoms with E-state index in [-0.39, 0.29) is 18.3 Å². The number of rotatable bonds is 7. The van der Waals surface area contributed by atoms with E-state index in [1.165, 1.54) is 18.3 Å². The molecule has 0 saturated heterocycles. The molecular weight excluding hydrogens is 459 g/mol. The van der Waals surface area contributed by atoms with Crippen LogP contribution in [0.4, 0.5) is 10.1 Å². The van der Waals surface area contributed by atoms with E-state index < -0.39 is 23.5 Å². The third-order valence-electron chi connectivity index (χ3n) is 3.48. The standard InChI is InChI=1S/C20H20BrFN4O4/c1-12(2)24-19(28)20(29)26-23-10-13-5-3-4-6-17(13)30-11-18(27)25-16-8-7-14(21)9-15(16)22/h3-10,12H,11H2,1-2H3,(H,24,28)(H,25,27)(H,26,29)/b23-10-. The largest absolute Gasteiger partial charge is 0.483 e. The number of anilines is 1. The third kappa shape index (κ3) is 7.28. The number of nitrogens with one attached hydrogen (secondary N) is 3. The maximum Gasteiger partial charge on any atom is 0.329 e. The Balaban J connectivity index is 1.94. The summed E-state index contributed by atoms with van der Waals surface area (Å²) in [4.78, 5) is 35.2. The molecule has 0 fully saturated rings. The van der Waals surface area contributed by atoms with Crippen molar-refractivity contribution in [3.63, 3.8) is 0 Å². The summed E-state index contributed by atoms with van der Waals surface area (Å²) >= 11 is 3.14. The Morgan fingerprint density at radius 1 is 1.17 bits per heavy atom. The minimum atomic E-state index is -0.908. The molecule has 0 heterocycles. The molecule has 2 rings (SSSR count). The monoisotopic (exact) mass is 478 g/mol. The Bertz CT molecular complexity index is 966. The molecule has 30 heavy (non-hydrogen) atoms. The quantitative estimate of drug-likeness (QED) is 0.322. The van der Waals surface area contributed by atoms with Crippen LogP contribution in [0, 0.1) is 5.82 Å². The zero-order valence-corrected chi connectivity index (χ0v) is 17.8. The van der Waals surface area contributed by atoms with Crippen LogP contribution in [0.2, 0.25) is 0 Å². The molecule has 0 aliphatic carbocycles. The minimum absolute atomic E-state index is 0.0315. The zero-order chi connectivity index (χ0) is 22.1. The van der Waals surface area contributed by atoms with Crippen molar-refractivity contribution in [3.8, 4) is 5.75 Å². The van der Waals surface area contributed by atoms with Crippen molar-refractivity contribution in [2.45, 2.75) is 19.9 Å². The SMILES string of the molecule is CC(C)NC(=O)C(=O)N/N=C\c1ccccc1OCC(=O)Nc1ccc(Br)cc1F. The summed E-state index contributed by atoms with van der Waals surface area (Å²) in [6.07, 6.45) is 1.28. The first-order valence-electron chi connectivity index (χ1n) is 8.87. The van der Waals surface area contributed by atoms with Crippen LogP contribution in [-0.4, -0.2) is 36.6 Å². The van der Waals surface area contributed by atoms with Gasteiger partial charge in [0.1, 0.15) is 11.6 Å². The molecule has 2 aromatic carbocycles. The molecule has 0 saturated carbocycles. The molecule has 10 heteroatoms. The average molecular weight is 479 g/mol. The lowest BCUT2D eigenvalue weighted by atomic mass is 10.2. The molecular formula is C20H20BrFN4O4. The van der Waals surface area contributed by atoms with Crippen LogP contribution >= 0.6 is 15.9 Å². The smallest absolute Gasteiger partial charge is 0.329 e. The van der Waals surface area contributed by atoms with E-state index in [2.05, 4.69) is 37.1 Å². The Hall–Kier alpha value is -3.27. The van der Waals surface area contributed by atoms with Crippen LogP contribution < -0.4 is 20.8 Å². The van der Waals surface area contributed by atoms with Gasteiger partial charge < -0.3 is 15.4 Å². The molecule has 0 atom stereocenters. The Labute approximate surface area is 181 Å². The topological polar surface area (TPSA) is 109 Å². The Morgan fingerprint density at radius 2 is 1.90 bits per heavy atom. The number of amides is 3. The predicted molar refractivity (Wildman–Crippen MR) is 114 cm³/mol. The summed E-state index contributed by atoms with van der Waals surface area (Å²) in [5.74, 6) is -2.53. The number of halogens is 2. The summed E-state index contributed by atoms with van der Waals surface area (Å²) in [6, 6.07) is 10.7. The van der Waals surface area contributed by atoms with Crippen molar-refractivity contribution in [2.75, 3.05) is 11.9 Å². The second-order valence-corrected chi connectivity index (χ2v) is 7.24. The van der Waals surface area contributed by atoms with Gasteiger partial charge in [0, 0.05) is 16.1 Å². The summed E-state index contributed by atoms with van der Waals surface area (Å²) in [5, 5.41) is 8.58. The van der Waals surface area contributed by atoms with E-state index in [1.807, 2.05) is 0 Å². The summed E-state index contributed by atoms with van der Waals surface area (Å²) < 4.78 is 19.8. The fourth-order valence-electron chi connectivity index (χ4n) is 2.18. The number of carbonyl (C=O) groups is 3. The number of ether oxygens (including phenoxy) is 1. The first-order chi connectivity index (χ1) is 14.3. The number of hydrogen-bond donors (Lipinski definition) is 3. The number of hydrogen-bond acceptors (Lipinski definition) is 5. The van der Waals surface area contributed by atoms with Gasteiger partial charge in [-0.3, -0.25) is 14.4 Å². The third-order valence-corrected chi connectivity index (χ3v) is 3.97. The van der Waals surface area contributed by atoms with Gasteiger partial charge >= 0.3 is 11.8 Å². The lowest BCUT2D eigenvalue weighted by Crippen LogP contribution is -2.41. The number of hydrazone groups is 1. The van der Waals surface area contributed by atoms with E-state index in [4.69, 9.17) is 4.74 Å². The van der Waals surface area contributed by atoms with Gasteiger partial charge in [-0.2, -0.15) is 5.10 Å². The molecule has 0 bridgehead atoms. The van der Waals surface area contributed by atoms with E-state index >= 15 is 0 Å². The van der Waals surface area contributed by atoms with Gasteiger partial charge in [-0.05, 0) is 44.2 Å². The summed E-state index contributed by atoms with van der Waals surface area (Å²) in [6.45, 7) is 3.08. The second-order valence-electron chi connectivity index (χ2n) is 6.33. The molecule has 0 aliphatic rings. The number of para-hydroxylation sites is 1. The van der Waals surface area contributed by atoms with Crippen LogP contribution in [0.25, 0.3) is 0 Å². The molecule has 3 amide bonds. The van der Waals surface area contributed by atoms with Crippen LogP contribution in [0.1, 0.15) is 19.4 Å². The van der Waals surface area contributed by atoms with Crippen LogP contribution in [-0.2, 0) is 14.4 Å². The highest BCUT2D eigenvalue weighted by Crippen LogP contribution is 2.20. The van der Waals surface area contributed by atoms with E-state index in [1.54, 1.807) is 44.2 Å². The molecule has 0 unspecified atom stereocenters. The van der Waals surface area contributed by atoms with Gasteiger partial charge in [0.15, 0.2) is 6.61 Å². The maximum atomic E-state index is 13.8. The molecule has 3 N–H and O–H groups in total. The van der Waals surface area contributed by atoms with Crippen molar-refractivity contribution >= 4 is 45.6 Å². The lowest BCUT2D eigenvalue weighted by molar-refractivity contribution is -0.139. The highest BCUT2D eigenvalue weighted by molar-refractivity contribution is 9.10. The van der Waals surface area contributed by atoms with Crippen molar-refractivity contribution < 1.29 is 23.5 Å². The maximum absolute atomic E-state index is 13.8. The van der Waals surface area contributed by atoms with Crippen molar-refractivity contribution in [3.05, 3.63) is 58.3 Å². The zero-order valence-electron chi connectivity index (χ0n) is 16.2. The van der Waals surface area contributed by atoms with Crippen LogP contribution in [0.5, 0.6) is 5.75 Å². The number of benzene rings is 2. The first-order valence-corrected chi connectivity index (χ1v) is 9.66. The molecule has 0 spiro atoms. The first kappa shape index (κ1) is 23.0. The van der Waals surface area contributed by atoms with Crippen LogP contribution in [0.3, 0.4) is 0 Å². The van der Waals surface area contributed by atoms with Gasteiger partial charge in [0.2, 0.25) is 0 Å². The Kier molecular flexibility index (Phi) is 8.48. The fourth-order valence-corrected chi connectivity index (χ4v) is 2.51. The molecule has 8 nitrogen and oxygen atoms in total. The lowest BCUT2D eigenvalue weighted by Gasteiger charge is -2.10. The van der Waals surface area contributed by atoms with Gasteiger partial charge in [-0.15, -0.1) is 0 Å². The molecule has 158 valence electrons. The van der Waals surface area contributed by atoms with Gasteiger partial charge in [0.05, 0.1) is 11.9 Å². The normalized spacial score (nSPS) is 10.7. The Morgan fingerprint density at radius 3 is 2.60 bits per heavy atom. The van der Waals surface area contributed by atoms with E-state index in [0.29, 0.717) is 15.8 Å². The highest BCUT2D eigenvalue weighted by Gasteiger charge is 2.13. The average Bonchev–Trinajstić information content (AvgIpc) is 2.68. The minimum Gasteiger partial charge on any atom is -0.483 e. The number of carbonyl (C=O) groups excluding carboxylic acids is 3. The van der Waals surface area contributed by atoms with Gasteiger partial charge in [-0.25, -0.2) is 9.82 Å². The van der Waals surface area contributed by atoms with Crippen molar-refractivity contribution in [1.29, 1.82) is 0 Å². The van der Waals surface area contributed by atoms with E-state index in [0.717, 1.165) is 0 Å². The van der Waals surface area contributed by atoms with Crippen molar-refractivity contribution in [2.24, 2.45) is 5.10 Å². The molecule has 0 aliphatic heterocycles. The van der Waals surface area contributed by atoms with Gasteiger partial charge in [0.25, 0.3) is 5.91 Å². The van der Waals surface area contributed by atoms with E-state index in [9.17, 15) is 18.8 Å². The summed E-state index contributed by atoms with van der Waals surface area (Å²) in [5.41, 5.74) is 2.60.